The Morgan fingerprint density at radius 3 is 0.904 bits per heavy atom. The van der Waals surface area contributed by atoms with Crippen LogP contribution in [-0.4, -0.2) is 0 Å². The minimum absolute atomic E-state index is 0.369. The first-order chi connectivity index (χ1) is 25.9. The van der Waals surface area contributed by atoms with Crippen molar-refractivity contribution in [3.05, 3.63) is 35.4 Å². The fourth-order valence-corrected chi connectivity index (χ4v) is 14.4. The molecule has 2 unspecified atom stereocenters. The quantitative estimate of drug-likeness (QED) is 0.292. The first-order valence-corrected chi connectivity index (χ1v) is 25.0. The molecule has 0 radical (unpaired) electrons. The highest BCUT2D eigenvalue weighted by Crippen LogP contribution is 2.70. The van der Waals surface area contributed by atoms with Gasteiger partial charge in [0, 0.05) is 5.41 Å². The van der Waals surface area contributed by atoms with Crippen molar-refractivity contribution in [2.75, 3.05) is 0 Å². The second-order valence-electron chi connectivity index (χ2n) is 19.8. The van der Waals surface area contributed by atoms with Gasteiger partial charge in [0.25, 0.3) is 0 Å². The highest BCUT2D eigenvalue weighted by molar-refractivity contribution is 5.43. The van der Waals surface area contributed by atoms with E-state index in [1.165, 1.54) is 231 Å². The molecule has 0 spiro atoms. The van der Waals surface area contributed by atoms with Crippen LogP contribution in [0.15, 0.2) is 24.3 Å². The van der Waals surface area contributed by atoms with Gasteiger partial charge in [-0.1, -0.05) is 217 Å². The fourth-order valence-electron chi connectivity index (χ4n) is 14.4. The molecule has 4 fully saturated rings. The summed E-state index contributed by atoms with van der Waals surface area (Å²) in [4.78, 5) is 0. The second kappa shape index (κ2) is 22.7. The molecule has 0 N–H and O–H groups in total. The average molecular weight is 713 g/mol. The van der Waals surface area contributed by atoms with Crippen LogP contribution in [0.1, 0.15) is 262 Å². The smallest absolute Gasteiger partial charge is 0.00739 e. The van der Waals surface area contributed by atoms with E-state index in [0.717, 1.165) is 23.7 Å². The van der Waals surface area contributed by atoms with Crippen molar-refractivity contribution in [1.82, 2.24) is 0 Å². The molecule has 52 heavy (non-hydrogen) atoms. The van der Waals surface area contributed by atoms with Gasteiger partial charge in [0.15, 0.2) is 0 Å². The maximum absolute atomic E-state index is 2.83. The molecule has 6 rings (SSSR count). The van der Waals surface area contributed by atoms with Crippen molar-refractivity contribution < 1.29 is 0 Å². The molecule has 4 saturated carbocycles. The third kappa shape index (κ3) is 10.3. The SMILES string of the molecule is c1ccc2c(c1)CCC(C1CCCCCCCCC1)(C1CCCCCCCC1)C2(C1CCCCCCCCCCC1)C1CCCCCCCCCC1. The predicted octanol–water partition coefficient (Wildman–Crippen LogP) is 17.2. The van der Waals surface area contributed by atoms with Gasteiger partial charge in [0.2, 0.25) is 0 Å². The molecule has 0 bridgehead atoms. The highest BCUT2D eigenvalue weighted by Gasteiger charge is 2.65. The van der Waals surface area contributed by atoms with E-state index in [1.54, 1.807) is 25.7 Å². The number of hydrogen-bond donors (Lipinski definition) is 0. The summed E-state index contributed by atoms with van der Waals surface area (Å²) in [5.41, 5.74) is 4.64. The molecule has 5 aliphatic carbocycles. The van der Waals surface area contributed by atoms with E-state index >= 15 is 0 Å². The summed E-state index contributed by atoms with van der Waals surface area (Å²) < 4.78 is 0. The van der Waals surface area contributed by atoms with Crippen LogP contribution in [0.4, 0.5) is 0 Å². The number of benzene rings is 1. The summed E-state index contributed by atoms with van der Waals surface area (Å²) in [6.07, 6.45) is 60.4. The molecule has 296 valence electrons. The lowest BCUT2D eigenvalue weighted by molar-refractivity contribution is -0.124. The maximum atomic E-state index is 2.83. The Kier molecular flexibility index (Phi) is 17.8. The Bertz CT molecular complexity index is 1040. The van der Waals surface area contributed by atoms with Crippen LogP contribution >= 0.6 is 0 Å². The normalized spacial score (nSPS) is 31.3. The Morgan fingerprint density at radius 2 is 0.577 bits per heavy atom. The Morgan fingerprint density at radius 1 is 0.308 bits per heavy atom. The van der Waals surface area contributed by atoms with E-state index < -0.39 is 0 Å². The molecule has 0 aromatic heterocycles. The van der Waals surface area contributed by atoms with Gasteiger partial charge in [-0.2, -0.15) is 0 Å². The number of rotatable bonds is 4. The topological polar surface area (TPSA) is 0 Å². The van der Waals surface area contributed by atoms with Gasteiger partial charge in [-0.3, -0.25) is 0 Å². The van der Waals surface area contributed by atoms with E-state index in [-0.39, 0.29) is 0 Å². The largest absolute Gasteiger partial charge is 0.0620 e. The van der Waals surface area contributed by atoms with Gasteiger partial charge >= 0.3 is 0 Å². The van der Waals surface area contributed by atoms with Gasteiger partial charge < -0.3 is 0 Å². The van der Waals surface area contributed by atoms with Crippen LogP contribution in [0, 0.1) is 29.1 Å². The van der Waals surface area contributed by atoms with Crippen molar-refractivity contribution in [2.45, 2.75) is 262 Å². The Labute approximate surface area is 325 Å². The maximum Gasteiger partial charge on any atom is 0.00739 e. The summed E-state index contributed by atoms with van der Waals surface area (Å²) >= 11 is 0. The van der Waals surface area contributed by atoms with Crippen LogP contribution in [0.5, 0.6) is 0 Å². The monoisotopic (exact) mass is 713 g/mol. The van der Waals surface area contributed by atoms with Gasteiger partial charge in [-0.05, 0) is 104 Å². The lowest BCUT2D eigenvalue weighted by atomic mass is 9.36. The molecule has 0 nitrogen and oxygen atoms in total. The molecule has 0 heterocycles. The first-order valence-electron chi connectivity index (χ1n) is 25.0. The first kappa shape index (κ1) is 40.9. The molecule has 0 aliphatic heterocycles. The molecule has 2 atom stereocenters. The van der Waals surface area contributed by atoms with Crippen LogP contribution in [0.3, 0.4) is 0 Å². The summed E-state index contributed by atoms with van der Waals surface area (Å²) in [6, 6.07) is 10.5. The van der Waals surface area contributed by atoms with E-state index in [9.17, 15) is 0 Å². The molecule has 0 amide bonds. The summed E-state index contributed by atoms with van der Waals surface area (Å²) in [7, 11) is 0. The number of aryl methyl sites for hydroxylation is 1. The number of fused-ring (bicyclic) bond motifs is 1. The Hall–Kier alpha value is -0.780. The zero-order chi connectivity index (χ0) is 35.6. The van der Waals surface area contributed by atoms with E-state index in [2.05, 4.69) is 24.3 Å². The van der Waals surface area contributed by atoms with Crippen molar-refractivity contribution in [3.63, 3.8) is 0 Å². The molecular formula is C52H88. The highest BCUT2D eigenvalue weighted by atomic mass is 14.7. The summed E-state index contributed by atoms with van der Waals surface area (Å²) in [6.45, 7) is 0. The third-order valence-electron chi connectivity index (χ3n) is 16.7. The number of hydrogen-bond acceptors (Lipinski definition) is 0. The van der Waals surface area contributed by atoms with E-state index in [0.29, 0.717) is 10.8 Å². The molecule has 0 heteroatoms. The van der Waals surface area contributed by atoms with E-state index in [4.69, 9.17) is 0 Å². The van der Waals surface area contributed by atoms with Gasteiger partial charge in [-0.15, -0.1) is 0 Å². The van der Waals surface area contributed by atoms with Crippen LogP contribution in [0.2, 0.25) is 0 Å². The fraction of sp³-hybridized carbons (Fsp3) is 0.885. The standard InChI is InChI=1S/C52H88/c1-2-7-19-27-38-48(39-28-20-8-3-1)52(49-40-29-21-9-4-5-10-22-30-41-49)50-42-32-31-33-45(50)43-44-51(52,47-36-25-17-13-14-18-26-37-47)46-34-23-15-11-6-12-16-24-35-46/h31-33,42,46-49H,1-30,34-41,43-44H2. The average Bonchev–Trinajstić information content (AvgIpc) is 3.26. The summed E-state index contributed by atoms with van der Waals surface area (Å²) in [5, 5.41) is 0. The van der Waals surface area contributed by atoms with Crippen LogP contribution < -0.4 is 0 Å². The second-order valence-corrected chi connectivity index (χ2v) is 19.8. The summed E-state index contributed by atoms with van der Waals surface area (Å²) in [5.74, 6) is 3.63. The molecule has 1 aromatic carbocycles. The molecular weight excluding hydrogens is 625 g/mol. The van der Waals surface area contributed by atoms with Crippen LogP contribution in [-0.2, 0) is 11.8 Å². The van der Waals surface area contributed by atoms with Crippen molar-refractivity contribution in [2.24, 2.45) is 29.1 Å². The van der Waals surface area contributed by atoms with Gasteiger partial charge in [0.1, 0.15) is 0 Å². The molecule has 0 saturated heterocycles. The minimum Gasteiger partial charge on any atom is -0.0620 e. The predicted molar refractivity (Wildman–Crippen MR) is 228 cm³/mol. The van der Waals surface area contributed by atoms with Gasteiger partial charge in [0.05, 0.1) is 0 Å². The minimum atomic E-state index is 0.369. The molecule has 5 aliphatic rings. The van der Waals surface area contributed by atoms with Crippen molar-refractivity contribution in [3.8, 4) is 0 Å². The van der Waals surface area contributed by atoms with Crippen molar-refractivity contribution >= 4 is 0 Å². The van der Waals surface area contributed by atoms with Crippen molar-refractivity contribution in [1.29, 1.82) is 0 Å². The third-order valence-corrected chi connectivity index (χ3v) is 16.7. The molecule has 1 aromatic rings. The van der Waals surface area contributed by atoms with E-state index in [1.807, 2.05) is 11.1 Å². The van der Waals surface area contributed by atoms with Gasteiger partial charge in [-0.25, -0.2) is 0 Å². The zero-order valence-corrected chi connectivity index (χ0v) is 34.9. The lowest BCUT2D eigenvalue weighted by Crippen LogP contribution is -2.64. The zero-order valence-electron chi connectivity index (χ0n) is 34.9. The lowest BCUT2D eigenvalue weighted by Gasteiger charge is -2.68. The Balaban J connectivity index is 1.59. The van der Waals surface area contributed by atoms with Crippen LogP contribution in [0.25, 0.3) is 0 Å².